The Morgan fingerprint density at radius 3 is 2.65 bits per heavy atom. The number of hydrogen-bond acceptors (Lipinski definition) is 4. The van der Waals surface area contributed by atoms with E-state index in [1.807, 2.05) is 49.4 Å². The first kappa shape index (κ1) is 16.2. The molecule has 0 fully saturated rings. The second kappa shape index (κ2) is 7.75. The molecule has 1 heterocycles. The van der Waals surface area contributed by atoms with Crippen LogP contribution in [0.1, 0.15) is 6.92 Å². The molecule has 3 aromatic rings. The molecule has 6 heteroatoms. The van der Waals surface area contributed by atoms with Gasteiger partial charge in [-0.25, -0.2) is 4.98 Å². The van der Waals surface area contributed by atoms with Gasteiger partial charge in [0.05, 0.1) is 24.2 Å². The van der Waals surface area contributed by atoms with E-state index >= 15 is 0 Å². The minimum absolute atomic E-state index is 0.632. The molecule has 0 aliphatic rings. The van der Waals surface area contributed by atoms with Crippen molar-refractivity contribution in [3.63, 3.8) is 0 Å². The SMILES string of the molecule is CCOc1ccc2nc(SCCOc3ccc(Br)cc3)[nH]c2c1. The molecule has 0 saturated carbocycles. The Labute approximate surface area is 147 Å². The second-order valence-corrected chi connectivity index (χ2v) is 6.80. The Balaban J connectivity index is 1.53. The molecule has 0 bridgehead atoms. The van der Waals surface area contributed by atoms with Crippen LogP contribution in [0, 0.1) is 0 Å². The summed E-state index contributed by atoms with van der Waals surface area (Å²) in [4.78, 5) is 7.87. The summed E-state index contributed by atoms with van der Waals surface area (Å²) in [5.74, 6) is 2.56. The second-order valence-electron chi connectivity index (χ2n) is 4.80. The van der Waals surface area contributed by atoms with Crippen LogP contribution in [0.25, 0.3) is 11.0 Å². The van der Waals surface area contributed by atoms with Crippen molar-refractivity contribution < 1.29 is 9.47 Å². The Bertz CT molecular complexity index is 774. The molecule has 3 rings (SSSR count). The third-order valence-electron chi connectivity index (χ3n) is 3.15. The van der Waals surface area contributed by atoms with Crippen LogP contribution in [0.3, 0.4) is 0 Å². The molecule has 0 spiro atoms. The summed E-state index contributed by atoms with van der Waals surface area (Å²) in [6.07, 6.45) is 0. The van der Waals surface area contributed by atoms with Crippen molar-refractivity contribution in [1.29, 1.82) is 0 Å². The number of benzene rings is 2. The van der Waals surface area contributed by atoms with Gasteiger partial charge in [0, 0.05) is 16.3 Å². The van der Waals surface area contributed by atoms with E-state index in [1.54, 1.807) is 11.8 Å². The molecule has 0 aliphatic carbocycles. The molecular weight excluding hydrogens is 376 g/mol. The monoisotopic (exact) mass is 392 g/mol. The number of thioether (sulfide) groups is 1. The minimum Gasteiger partial charge on any atom is -0.494 e. The van der Waals surface area contributed by atoms with Crippen LogP contribution < -0.4 is 9.47 Å². The summed E-state index contributed by atoms with van der Waals surface area (Å²) in [5.41, 5.74) is 1.94. The standard InChI is InChI=1S/C17H17BrN2O2S/c1-2-21-14-7-8-15-16(11-14)20-17(19-15)23-10-9-22-13-5-3-12(18)4-6-13/h3-8,11H,2,9-10H2,1H3,(H,19,20). The maximum atomic E-state index is 5.70. The maximum absolute atomic E-state index is 5.70. The van der Waals surface area contributed by atoms with E-state index in [0.717, 1.165) is 37.9 Å². The number of imidazole rings is 1. The largest absolute Gasteiger partial charge is 0.494 e. The number of rotatable bonds is 7. The van der Waals surface area contributed by atoms with E-state index in [1.165, 1.54) is 0 Å². The fraction of sp³-hybridized carbons (Fsp3) is 0.235. The van der Waals surface area contributed by atoms with Crippen LogP contribution >= 0.6 is 27.7 Å². The zero-order valence-electron chi connectivity index (χ0n) is 12.7. The molecule has 0 atom stereocenters. The van der Waals surface area contributed by atoms with Crippen LogP contribution in [0.4, 0.5) is 0 Å². The molecule has 0 saturated heterocycles. The zero-order chi connectivity index (χ0) is 16.1. The smallest absolute Gasteiger partial charge is 0.166 e. The Morgan fingerprint density at radius 2 is 1.87 bits per heavy atom. The first-order chi connectivity index (χ1) is 11.2. The van der Waals surface area contributed by atoms with Crippen LogP contribution in [0.2, 0.25) is 0 Å². The normalized spacial score (nSPS) is 10.9. The number of aromatic amines is 1. The Hall–Kier alpha value is -1.66. The summed E-state index contributed by atoms with van der Waals surface area (Å²) >= 11 is 5.05. The van der Waals surface area contributed by atoms with Gasteiger partial charge >= 0.3 is 0 Å². The summed E-state index contributed by atoms with van der Waals surface area (Å²) in [7, 11) is 0. The molecule has 2 aromatic carbocycles. The molecular formula is C17H17BrN2O2S. The molecule has 0 unspecified atom stereocenters. The van der Waals surface area contributed by atoms with Gasteiger partial charge in [0.2, 0.25) is 0 Å². The highest BCUT2D eigenvalue weighted by molar-refractivity contribution is 9.10. The molecule has 0 amide bonds. The topological polar surface area (TPSA) is 47.1 Å². The summed E-state index contributed by atoms with van der Waals surface area (Å²) in [5, 5.41) is 0.896. The zero-order valence-corrected chi connectivity index (χ0v) is 15.1. The van der Waals surface area contributed by atoms with Crippen molar-refractivity contribution in [1.82, 2.24) is 9.97 Å². The Kier molecular flexibility index (Phi) is 5.46. The van der Waals surface area contributed by atoms with Crippen molar-refractivity contribution >= 4 is 38.7 Å². The highest BCUT2D eigenvalue weighted by Gasteiger charge is 2.05. The average Bonchev–Trinajstić information content (AvgIpc) is 2.95. The lowest BCUT2D eigenvalue weighted by Crippen LogP contribution is -2.00. The van der Waals surface area contributed by atoms with E-state index in [-0.39, 0.29) is 0 Å². The van der Waals surface area contributed by atoms with Crippen molar-refractivity contribution in [2.24, 2.45) is 0 Å². The number of halogens is 1. The van der Waals surface area contributed by atoms with Crippen LogP contribution in [0.15, 0.2) is 52.1 Å². The van der Waals surface area contributed by atoms with Gasteiger partial charge in [-0.2, -0.15) is 0 Å². The fourth-order valence-electron chi connectivity index (χ4n) is 2.12. The predicted octanol–water partition coefficient (Wildman–Crippen LogP) is 4.90. The Morgan fingerprint density at radius 1 is 1.09 bits per heavy atom. The highest BCUT2D eigenvalue weighted by atomic mass is 79.9. The molecule has 0 radical (unpaired) electrons. The summed E-state index contributed by atoms with van der Waals surface area (Å²) in [6.45, 7) is 3.27. The van der Waals surface area contributed by atoms with Crippen molar-refractivity contribution in [2.45, 2.75) is 12.1 Å². The van der Waals surface area contributed by atoms with Crippen molar-refractivity contribution in [3.05, 3.63) is 46.9 Å². The third kappa shape index (κ3) is 4.42. The fourth-order valence-corrected chi connectivity index (χ4v) is 3.09. The molecule has 1 N–H and O–H groups in total. The highest BCUT2D eigenvalue weighted by Crippen LogP contribution is 2.23. The average molecular weight is 393 g/mol. The number of hydrogen-bond donors (Lipinski definition) is 1. The molecule has 1 aromatic heterocycles. The predicted molar refractivity (Wildman–Crippen MR) is 97.6 cm³/mol. The van der Waals surface area contributed by atoms with Gasteiger partial charge in [-0.15, -0.1) is 0 Å². The van der Waals surface area contributed by atoms with Gasteiger partial charge in [0.15, 0.2) is 5.16 Å². The first-order valence-corrected chi connectivity index (χ1v) is 9.16. The quantitative estimate of drug-likeness (QED) is 0.458. The van der Waals surface area contributed by atoms with Crippen molar-refractivity contribution in [2.75, 3.05) is 19.0 Å². The van der Waals surface area contributed by atoms with Gasteiger partial charge in [0.25, 0.3) is 0 Å². The summed E-state index contributed by atoms with van der Waals surface area (Å²) in [6, 6.07) is 13.7. The van der Waals surface area contributed by atoms with Crippen molar-refractivity contribution in [3.8, 4) is 11.5 Å². The summed E-state index contributed by atoms with van der Waals surface area (Å²) < 4.78 is 12.3. The minimum atomic E-state index is 0.632. The number of nitrogens with one attached hydrogen (secondary N) is 1. The molecule has 0 aliphatic heterocycles. The van der Waals surface area contributed by atoms with E-state index < -0.39 is 0 Å². The maximum Gasteiger partial charge on any atom is 0.166 e. The van der Waals surface area contributed by atoms with E-state index in [9.17, 15) is 0 Å². The van der Waals surface area contributed by atoms with E-state index in [0.29, 0.717) is 13.2 Å². The number of ether oxygens (including phenoxy) is 2. The van der Waals surface area contributed by atoms with Gasteiger partial charge in [-0.1, -0.05) is 27.7 Å². The first-order valence-electron chi connectivity index (χ1n) is 7.38. The number of aromatic nitrogens is 2. The van der Waals surface area contributed by atoms with Gasteiger partial charge in [-0.3, -0.25) is 0 Å². The third-order valence-corrected chi connectivity index (χ3v) is 4.51. The van der Waals surface area contributed by atoms with Crippen LogP contribution in [-0.2, 0) is 0 Å². The van der Waals surface area contributed by atoms with Gasteiger partial charge in [0.1, 0.15) is 11.5 Å². The molecule has 23 heavy (non-hydrogen) atoms. The number of fused-ring (bicyclic) bond motifs is 1. The lowest BCUT2D eigenvalue weighted by atomic mass is 10.3. The van der Waals surface area contributed by atoms with E-state index in [4.69, 9.17) is 9.47 Å². The molecule has 4 nitrogen and oxygen atoms in total. The van der Waals surface area contributed by atoms with E-state index in [2.05, 4.69) is 25.9 Å². The number of H-pyrrole nitrogens is 1. The number of nitrogens with zero attached hydrogens (tertiary/aromatic N) is 1. The lowest BCUT2D eigenvalue weighted by molar-refractivity contribution is 0.340. The van der Waals surface area contributed by atoms with Gasteiger partial charge < -0.3 is 14.5 Å². The van der Waals surface area contributed by atoms with Crippen LogP contribution in [0.5, 0.6) is 11.5 Å². The lowest BCUT2D eigenvalue weighted by Gasteiger charge is -2.04. The van der Waals surface area contributed by atoms with Crippen LogP contribution in [-0.4, -0.2) is 28.9 Å². The molecule has 120 valence electrons. The van der Waals surface area contributed by atoms with Gasteiger partial charge in [-0.05, 0) is 43.3 Å².